The summed E-state index contributed by atoms with van der Waals surface area (Å²) in [5, 5.41) is 16.4. The Morgan fingerprint density at radius 3 is 2.33 bits per heavy atom. The first kappa shape index (κ1) is 27.3. The van der Waals surface area contributed by atoms with Crippen molar-refractivity contribution in [2.45, 2.75) is 24.4 Å². The first-order chi connectivity index (χ1) is 18.7. The van der Waals surface area contributed by atoms with Crippen LogP contribution in [0.1, 0.15) is 35.4 Å². The van der Waals surface area contributed by atoms with Crippen molar-refractivity contribution in [1.82, 2.24) is 4.98 Å². The molecule has 1 heterocycles. The van der Waals surface area contributed by atoms with Crippen molar-refractivity contribution in [3.05, 3.63) is 118 Å². The van der Waals surface area contributed by atoms with E-state index in [1.54, 1.807) is 7.11 Å². The zero-order valence-corrected chi connectivity index (χ0v) is 24.7. The van der Waals surface area contributed by atoms with Gasteiger partial charge in [-0.3, -0.25) is 0 Å². The molecule has 0 fully saturated rings. The number of aromatic nitrogens is 1. The maximum atomic E-state index is 13.2. The highest BCUT2D eigenvalue weighted by Crippen LogP contribution is 2.49. The number of rotatable bonds is 9. The van der Waals surface area contributed by atoms with Crippen LogP contribution in [0.15, 0.2) is 102 Å². The molecule has 0 aliphatic heterocycles. The zero-order valence-electron chi connectivity index (χ0n) is 23.1. The minimum Gasteiger partial charge on any atom is -0.481 e. The van der Waals surface area contributed by atoms with Crippen LogP contribution in [0, 0.1) is 0 Å². The molecule has 0 bridgehead atoms. The van der Waals surface area contributed by atoms with Crippen molar-refractivity contribution in [3.8, 4) is 5.88 Å². The highest BCUT2D eigenvalue weighted by atomic mass is 79.9. The Bertz CT molecular complexity index is 1590. The van der Waals surface area contributed by atoms with Gasteiger partial charge in [-0.2, -0.15) is 0 Å². The third-order valence-corrected chi connectivity index (χ3v) is 8.02. The predicted octanol–water partition coefficient (Wildman–Crippen LogP) is 7.67. The number of ether oxygens (including phenoxy) is 1. The Balaban J connectivity index is 1.80. The van der Waals surface area contributed by atoms with E-state index in [2.05, 4.69) is 91.7 Å². The Hall–Kier alpha value is -3.25. The van der Waals surface area contributed by atoms with Gasteiger partial charge in [-0.25, -0.2) is 4.98 Å². The summed E-state index contributed by atoms with van der Waals surface area (Å²) in [5.74, 6) is 0.117. The van der Waals surface area contributed by atoms with Crippen LogP contribution >= 0.6 is 15.9 Å². The smallest absolute Gasteiger partial charge is 0.217 e. The van der Waals surface area contributed by atoms with E-state index in [-0.39, 0.29) is 0 Å². The van der Waals surface area contributed by atoms with Gasteiger partial charge in [0.25, 0.3) is 0 Å². The zero-order chi connectivity index (χ0) is 27.6. The monoisotopic (exact) mass is 583 g/mol. The summed E-state index contributed by atoms with van der Waals surface area (Å²) in [7, 11) is 8.24. The number of aliphatic hydroxyl groups is 1. The van der Waals surface area contributed by atoms with Crippen molar-refractivity contribution in [1.29, 1.82) is 0 Å². The molecule has 2 unspecified atom stereocenters. The number of quaternary nitrogens is 1. The van der Waals surface area contributed by atoms with Crippen LogP contribution in [0.4, 0.5) is 0 Å². The number of hydrogen-bond donors (Lipinski definition) is 1. The van der Waals surface area contributed by atoms with Gasteiger partial charge in [0.15, 0.2) is 0 Å². The van der Waals surface area contributed by atoms with Gasteiger partial charge < -0.3 is 14.3 Å². The van der Waals surface area contributed by atoms with Crippen LogP contribution in [0.25, 0.3) is 21.7 Å². The van der Waals surface area contributed by atoms with Crippen molar-refractivity contribution < 1.29 is 14.3 Å². The normalized spacial score (nSPS) is 14.3. The van der Waals surface area contributed by atoms with Gasteiger partial charge in [0.2, 0.25) is 5.88 Å². The van der Waals surface area contributed by atoms with Crippen LogP contribution in [0.3, 0.4) is 0 Å². The van der Waals surface area contributed by atoms with Crippen LogP contribution < -0.4 is 4.74 Å². The molecule has 0 saturated carbocycles. The summed E-state index contributed by atoms with van der Waals surface area (Å²) in [6, 6.07) is 33.0. The minimum absolute atomic E-state index is 0.414. The van der Waals surface area contributed by atoms with Crippen molar-refractivity contribution in [2.75, 3.05) is 34.8 Å². The Morgan fingerprint density at radius 2 is 1.59 bits per heavy atom. The molecule has 0 aliphatic rings. The van der Waals surface area contributed by atoms with Gasteiger partial charge in [-0.1, -0.05) is 88.7 Å². The lowest BCUT2D eigenvalue weighted by Gasteiger charge is -2.39. The fourth-order valence-corrected chi connectivity index (χ4v) is 6.11. The van der Waals surface area contributed by atoms with E-state index >= 15 is 0 Å². The maximum absolute atomic E-state index is 13.2. The number of nitrogens with zero attached hydrogens (tertiary/aromatic N) is 2. The molecule has 5 aromatic rings. The summed E-state index contributed by atoms with van der Waals surface area (Å²) in [6.07, 6.45) is 1.43. The van der Waals surface area contributed by atoms with Gasteiger partial charge in [-0.05, 0) is 59.0 Å². The fraction of sp³-hybridized carbons (Fsp3) is 0.265. The molecule has 2 atom stereocenters. The summed E-state index contributed by atoms with van der Waals surface area (Å²) < 4.78 is 7.74. The molecule has 0 amide bonds. The van der Waals surface area contributed by atoms with E-state index in [1.807, 2.05) is 42.5 Å². The SMILES string of the molecule is COc1nc2ccc(Br)cc2cc1C(c1ccccc1)C(O)(CCC[N+](C)(C)C)c1cccc2ccccc12. The summed E-state index contributed by atoms with van der Waals surface area (Å²) in [6.45, 7) is 0.939. The fourth-order valence-electron chi connectivity index (χ4n) is 5.73. The minimum atomic E-state index is -1.23. The van der Waals surface area contributed by atoms with E-state index < -0.39 is 11.5 Å². The van der Waals surface area contributed by atoms with Gasteiger partial charge in [0.1, 0.15) is 5.60 Å². The molecule has 0 spiro atoms. The number of fused-ring (bicyclic) bond motifs is 2. The molecule has 4 aromatic carbocycles. The average Bonchev–Trinajstić information content (AvgIpc) is 2.92. The van der Waals surface area contributed by atoms with Crippen LogP contribution in [-0.2, 0) is 5.60 Å². The van der Waals surface area contributed by atoms with Gasteiger partial charge in [-0.15, -0.1) is 0 Å². The van der Waals surface area contributed by atoms with E-state index in [4.69, 9.17) is 9.72 Å². The lowest BCUT2D eigenvalue weighted by atomic mass is 9.70. The molecule has 200 valence electrons. The first-order valence-electron chi connectivity index (χ1n) is 13.4. The molecule has 5 rings (SSSR count). The van der Waals surface area contributed by atoms with Gasteiger partial charge in [0.05, 0.1) is 40.3 Å². The predicted molar refractivity (Wildman–Crippen MR) is 164 cm³/mol. The number of methoxy groups -OCH3 is 1. The van der Waals surface area contributed by atoms with E-state index in [9.17, 15) is 5.11 Å². The lowest BCUT2D eigenvalue weighted by Crippen LogP contribution is -2.39. The third-order valence-electron chi connectivity index (χ3n) is 7.53. The summed E-state index contributed by atoms with van der Waals surface area (Å²) in [4.78, 5) is 4.91. The standard InChI is InChI=1S/C34H36BrN2O2/c1-37(2,3)21-11-20-34(38,30-17-10-15-24-12-8-9-16-28(24)30)32(25-13-6-5-7-14-25)29-23-26-22-27(35)18-19-31(26)36-33(29)39-4/h5-10,12-19,22-23,32,38H,11,20-21H2,1-4H3/q+1. The maximum Gasteiger partial charge on any atom is 0.217 e. The number of benzene rings is 4. The highest BCUT2D eigenvalue weighted by Gasteiger charge is 2.43. The molecular weight excluding hydrogens is 548 g/mol. The van der Waals surface area contributed by atoms with Gasteiger partial charge >= 0.3 is 0 Å². The molecule has 0 saturated heterocycles. The Kier molecular flexibility index (Phi) is 7.77. The first-order valence-corrected chi connectivity index (χ1v) is 14.2. The second-order valence-corrected chi connectivity index (χ2v) is 12.3. The van der Waals surface area contributed by atoms with Crippen LogP contribution in [0.5, 0.6) is 5.88 Å². The number of pyridine rings is 1. The summed E-state index contributed by atoms with van der Waals surface area (Å²) >= 11 is 3.62. The number of hydrogen-bond acceptors (Lipinski definition) is 3. The molecule has 4 nitrogen and oxygen atoms in total. The third kappa shape index (κ3) is 5.72. The van der Waals surface area contributed by atoms with Crippen molar-refractivity contribution in [3.63, 3.8) is 0 Å². The average molecular weight is 585 g/mol. The van der Waals surface area contributed by atoms with E-state index in [0.717, 1.165) is 60.3 Å². The highest BCUT2D eigenvalue weighted by molar-refractivity contribution is 9.10. The quantitative estimate of drug-likeness (QED) is 0.181. The van der Waals surface area contributed by atoms with Crippen LogP contribution in [-0.4, -0.2) is 49.4 Å². The molecule has 0 radical (unpaired) electrons. The second kappa shape index (κ2) is 11.1. The second-order valence-electron chi connectivity index (χ2n) is 11.3. The largest absolute Gasteiger partial charge is 0.481 e. The molecule has 1 N–H and O–H groups in total. The molecule has 0 aliphatic carbocycles. The molecule has 39 heavy (non-hydrogen) atoms. The topological polar surface area (TPSA) is 42.4 Å². The summed E-state index contributed by atoms with van der Waals surface area (Å²) in [5.41, 5.74) is 2.44. The molecule has 5 heteroatoms. The molecular formula is C34H36BrN2O2+. The van der Waals surface area contributed by atoms with E-state index in [0.29, 0.717) is 12.3 Å². The van der Waals surface area contributed by atoms with E-state index in [1.165, 1.54) is 0 Å². The Labute approximate surface area is 239 Å². The number of halogens is 1. The van der Waals surface area contributed by atoms with Gasteiger partial charge in [0, 0.05) is 21.3 Å². The van der Waals surface area contributed by atoms with Crippen molar-refractivity contribution >= 4 is 37.6 Å². The molecule has 1 aromatic heterocycles. The van der Waals surface area contributed by atoms with Crippen molar-refractivity contribution in [2.24, 2.45) is 0 Å². The van der Waals surface area contributed by atoms with Crippen LogP contribution in [0.2, 0.25) is 0 Å². The lowest BCUT2D eigenvalue weighted by molar-refractivity contribution is -0.870. The Morgan fingerprint density at radius 1 is 0.872 bits per heavy atom.